The molecule has 1 aromatic rings. The smallest absolute Gasteiger partial charge is 0.323 e. The summed E-state index contributed by atoms with van der Waals surface area (Å²) in [6.07, 6.45) is 5.22. The van der Waals surface area contributed by atoms with Gasteiger partial charge in [0.05, 0.1) is 6.10 Å². The van der Waals surface area contributed by atoms with Gasteiger partial charge in [-0.15, -0.1) is 0 Å². The molecular formula is C14H23N5O. The molecule has 2 saturated carbocycles. The topological polar surface area (TPSA) is 63.2 Å². The van der Waals surface area contributed by atoms with E-state index in [0.29, 0.717) is 18.0 Å². The van der Waals surface area contributed by atoms with Crippen molar-refractivity contribution in [1.29, 1.82) is 0 Å². The Morgan fingerprint density at radius 1 is 1.20 bits per heavy atom. The zero-order valence-corrected chi connectivity index (χ0v) is 12.5. The van der Waals surface area contributed by atoms with Crippen LogP contribution in [-0.2, 0) is 0 Å². The van der Waals surface area contributed by atoms with E-state index in [1.807, 2.05) is 20.9 Å². The SMILES string of the molecule is CNc1nc(OC(C)C)nc(N(CC2CC2)C2CC2)n1. The fraction of sp³-hybridized carbons (Fsp3) is 0.786. The first-order chi connectivity index (χ1) is 9.65. The number of ether oxygens (including phenoxy) is 1. The second-order valence-electron chi connectivity index (χ2n) is 5.99. The van der Waals surface area contributed by atoms with Gasteiger partial charge in [-0.1, -0.05) is 0 Å². The van der Waals surface area contributed by atoms with Crippen LogP contribution in [0.2, 0.25) is 0 Å². The highest BCUT2D eigenvalue weighted by molar-refractivity contribution is 5.40. The monoisotopic (exact) mass is 277 g/mol. The molecule has 2 aliphatic carbocycles. The van der Waals surface area contributed by atoms with Crippen molar-refractivity contribution in [3.05, 3.63) is 0 Å². The van der Waals surface area contributed by atoms with Crippen molar-refractivity contribution in [2.75, 3.05) is 23.8 Å². The summed E-state index contributed by atoms with van der Waals surface area (Å²) in [7, 11) is 1.82. The summed E-state index contributed by atoms with van der Waals surface area (Å²) < 4.78 is 5.64. The Morgan fingerprint density at radius 3 is 2.50 bits per heavy atom. The predicted molar refractivity (Wildman–Crippen MR) is 78.2 cm³/mol. The van der Waals surface area contributed by atoms with Crippen molar-refractivity contribution in [2.45, 2.75) is 51.7 Å². The number of aromatic nitrogens is 3. The third kappa shape index (κ3) is 3.29. The minimum Gasteiger partial charge on any atom is -0.461 e. The minimum atomic E-state index is 0.0627. The molecule has 0 amide bonds. The van der Waals surface area contributed by atoms with Gasteiger partial charge in [0.2, 0.25) is 11.9 Å². The fourth-order valence-corrected chi connectivity index (χ4v) is 2.21. The van der Waals surface area contributed by atoms with E-state index in [9.17, 15) is 0 Å². The quantitative estimate of drug-likeness (QED) is 0.823. The van der Waals surface area contributed by atoms with E-state index in [2.05, 4.69) is 25.2 Å². The number of hydrogen-bond acceptors (Lipinski definition) is 6. The lowest BCUT2D eigenvalue weighted by atomic mass is 10.3. The first-order valence-electron chi connectivity index (χ1n) is 7.53. The van der Waals surface area contributed by atoms with Gasteiger partial charge in [0.15, 0.2) is 0 Å². The van der Waals surface area contributed by atoms with Crippen molar-refractivity contribution < 1.29 is 4.74 Å². The van der Waals surface area contributed by atoms with E-state index >= 15 is 0 Å². The zero-order valence-electron chi connectivity index (χ0n) is 12.5. The van der Waals surface area contributed by atoms with Gasteiger partial charge in [-0.3, -0.25) is 0 Å². The summed E-state index contributed by atoms with van der Waals surface area (Å²) in [4.78, 5) is 15.6. The number of nitrogens with one attached hydrogen (secondary N) is 1. The van der Waals surface area contributed by atoms with Crippen LogP contribution in [-0.4, -0.2) is 40.7 Å². The average Bonchev–Trinajstić information content (AvgIpc) is 3.26. The van der Waals surface area contributed by atoms with Gasteiger partial charge < -0.3 is 15.0 Å². The fourth-order valence-electron chi connectivity index (χ4n) is 2.21. The van der Waals surface area contributed by atoms with Crippen molar-refractivity contribution >= 4 is 11.9 Å². The first kappa shape index (κ1) is 13.4. The van der Waals surface area contributed by atoms with Crippen molar-refractivity contribution in [1.82, 2.24) is 15.0 Å². The maximum Gasteiger partial charge on any atom is 0.323 e. The molecule has 0 unspecified atom stereocenters. The Balaban J connectivity index is 1.84. The molecule has 0 spiro atoms. The highest BCUT2D eigenvalue weighted by Crippen LogP contribution is 2.36. The molecule has 3 rings (SSSR count). The van der Waals surface area contributed by atoms with Crippen LogP contribution in [0.25, 0.3) is 0 Å². The second kappa shape index (κ2) is 5.42. The molecule has 2 fully saturated rings. The van der Waals surface area contributed by atoms with Crippen LogP contribution in [0.4, 0.5) is 11.9 Å². The Morgan fingerprint density at radius 2 is 1.95 bits per heavy atom. The van der Waals surface area contributed by atoms with E-state index in [0.717, 1.165) is 18.4 Å². The lowest BCUT2D eigenvalue weighted by Crippen LogP contribution is -2.30. The highest BCUT2D eigenvalue weighted by Gasteiger charge is 2.35. The summed E-state index contributed by atoms with van der Waals surface area (Å²) >= 11 is 0. The lowest BCUT2D eigenvalue weighted by Gasteiger charge is -2.23. The Bertz CT molecular complexity index is 471. The predicted octanol–water partition coefficient (Wildman–Crippen LogP) is 2.08. The van der Waals surface area contributed by atoms with Crippen LogP contribution in [0.15, 0.2) is 0 Å². The Labute approximate surface area is 120 Å². The molecule has 0 radical (unpaired) electrons. The molecule has 0 aliphatic heterocycles. The van der Waals surface area contributed by atoms with Crippen LogP contribution >= 0.6 is 0 Å². The standard InChI is InChI=1S/C14H23N5O/c1-9(2)20-14-17-12(15-3)16-13(18-14)19(11-6-7-11)8-10-4-5-10/h9-11H,4-8H2,1-3H3,(H,15,16,17,18). The number of hydrogen-bond donors (Lipinski definition) is 1. The normalized spacial score (nSPS) is 18.2. The van der Waals surface area contributed by atoms with Gasteiger partial charge in [-0.25, -0.2) is 0 Å². The first-order valence-corrected chi connectivity index (χ1v) is 7.53. The average molecular weight is 277 g/mol. The molecule has 0 aromatic carbocycles. The molecule has 6 heteroatoms. The number of anilines is 2. The molecule has 1 N–H and O–H groups in total. The van der Waals surface area contributed by atoms with E-state index in [1.165, 1.54) is 25.7 Å². The summed E-state index contributed by atoms with van der Waals surface area (Å²) in [5.41, 5.74) is 0. The van der Waals surface area contributed by atoms with Crippen molar-refractivity contribution in [3.63, 3.8) is 0 Å². The summed E-state index contributed by atoms with van der Waals surface area (Å²) in [5, 5.41) is 3.00. The van der Waals surface area contributed by atoms with Crippen molar-refractivity contribution in [2.24, 2.45) is 5.92 Å². The summed E-state index contributed by atoms with van der Waals surface area (Å²) in [6, 6.07) is 1.02. The molecule has 1 aromatic heterocycles. The molecule has 110 valence electrons. The number of nitrogens with zero attached hydrogens (tertiary/aromatic N) is 4. The van der Waals surface area contributed by atoms with Crippen LogP contribution in [0, 0.1) is 5.92 Å². The molecular weight excluding hydrogens is 254 g/mol. The molecule has 20 heavy (non-hydrogen) atoms. The second-order valence-corrected chi connectivity index (χ2v) is 5.99. The maximum absolute atomic E-state index is 5.64. The van der Waals surface area contributed by atoms with Crippen LogP contribution in [0.1, 0.15) is 39.5 Å². The van der Waals surface area contributed by atoms with Gasteiger partial charge >= 0.3 is 6.01 Å². The number of rotatable bonds is 7. The Kier molecular flexibility index (Phi) is 3.63. The third-order valence-electron chi connectivity index (χ3n) is 3.56. The molecule has 6 nitrogen and oxygen atoms in total. The van der Waals surface area contributed by atoms with E-state index in [4.69, 9.17) is 4.74 Å². The lowest BCUT2D eigenvalue weighted by molar-refractivity contribution is 0.222. The summed E-state index contributed by atoms with van der Waals surface area (Å²) in [6.45, 7) is 5.02. The molecule has 2 aliphatic rings. The Hall–Kier alpha value is -1.59. The van der Waals surface area contributed by atoms with Crippen LogP contribution < -0.4 is 15.0 Å². The minimum absolute atomic E-state index is 0.0627. The van der Waals surface area contributed by atoms with Crippen LogP contribution in [0.5, 0.6) is 6.01 Å². The molecule has 0 saturated heterocycles. The van der Waals surface area contributed by atoms with Crippen molar-refractivity contribution in [3.8, 4) is 6.01 Å². The van der Waals surface area contributed by atoms with E-state index in [-0.39, 0.29) is 6.10 Å². The van der Waals surface area contributed by atoms with Gasteiger partial charge in [0, 0.05) is 19.6 Å². The van der Waals surface area contributed by atoms with Gasteiger partial charge in [0.1, 0.15) is 0 Å². The highest BCUT2D eigenvalue weighted by atomic mass is 16.5. The van der Waals surface area contributed by atoms with E-state index < -0.39 is 0 Å². The summed E-state index contributed by atoms with van der Waals surface area (Å²) in [5.74, 6) is 2.15. The molecule has 0 atom stereocenters. The van der Waals surface area contributed by atoms with Gasteiger partial charge in [-0.2, -0.15) is 15.0 Å². The largest absolute Gasteiger partial charge is 0.461 e. The zero-order chi connectivity index (χ0) is 14.1. The maximum atomic E-state index is 5.64. The van der Waals surface area contributed by atoms with E-state index in [1.54, 1.807) is 0 Å². The third-order valence-corrected chi connectivity index (χ3v) is 3.56. The van der Waals surface area contributed by atoms with Crippen LogP contribution in [0.3, 0.4) is 0 Å². The van der Waals surface area contributed by atoms with Gasteiger partial charge in [0.25, 0.3) is 0 Å². The molecule has 0 bridgehead atoms. The molecule has 1 heterocycles. The van der Waals surface area contributed by atoms with Gasteiger partial charge in [-0.05, 0) is 45.4 Å².